The highest BCUT2D eigenvalue weighted by molar-refractivity contribution is 7.99. The lowest BCUT2D eigenvalue weighted by molar-refractivity contribution is -0.124. The van der Waals surface area contributed by atoms with E-state index in [4.69, 9.17) is 10.7 Å². The van der Waals surface area contributed by atoms with E-state index in [1.54, 1.807) is 0 Å². The third-order valence-corrected chi connectivity index (χ3v) is 7.96. The first-order valence-electron chi connectivity index (χ1n) is 12.5. The molecule has 7 nitrogen and oxygen atoms in total. The van der Waals surface area contributed by atoms with Crippen molar-refractivity contribution in [3.63, 3.8) is 0 Å². The molecule has 1 spiro atoms. The van der Waals surface area contributed by atoms with Crippen molar-refractivity contribution in [2.45, 2.75) is 39.2 Å². The van der Waals surface area contributed by atoms with E-state index >= 15 is 0 Å². The molecule has 0 radical (unpaired) electrons. The van der Waals surface area contributed by atoms with E-state index in [0.29, 0.717) is 13.2 Å². The van der Waals surface area contributed by atoms with Gasteiger partial charge in [0, 0.05) is 42.5 Å². The van der Waals surface area contributed by atoms with Crippen molar-refractivity contribution in [1.29, 1.82) is 0 Å². The molecule has 0 unspecified atom stereocenters. The number of piperidine rings is 1. The van der Waals surface area contributed by atoms with E-state index in [0.717, 1.165) is 61.3 Å². The average Bonchev–Trinajstić information content (AvgIpc) is 3.16. The zero-order valence-electron chi connectivity index (χ0n) is 21.1. The van der Waals surface area contributed by atoms with Crippen LogP contribution in [-0.4, -0.2) is 66.7 Å². The van der Waals surface area contributed by atoms with E-state index in [-0.39, 0.29) is 5.91 Å². The zero-order chi connectivity index (χ0) is 24.8. The maximum absolute atomic E-state index is 13.1. The van der Waals surface area contributed by atoms with Gasteiger partial charge < -0.3 is 26.2 Å². The summed E-state index contributed by atoms with van der Waals surface area (Å²) in [7, 11) is 0. The summed E-state index contributed by atoms with van der Waals surface area (Å²) in [5.74, 6) is 2.92. The number of anilines is 2. The summed E-state index contributed by atoms with van der Waals surface area (Å²) in [5, 5.41) is 6.76. The van der Waals surface area contributed by atoms with Crippen LogP contribution in [0.1, 0.15) is 29.5 Å². The van der Waals surface area contributed by atoms with Crippen LogP contribution in [-0.2, 0) is 4.79 Å². The second kappa shape index (κ2) is 11.4. The lowest BCUT2D eigenvalue weighted by atomic mass is 9.85. The van der Waals surface area contributed by atoms with Crippen LogP contribution in [0.3, 0.4) is 0 Å². The smallest absolute Gasteiger partial charge is 0.247 e. The van der Waals surface area contributed by atoms with Gasteiger partial charge >= 0.3 is 0 Å². The summed E-state index contributed by atoms with van der Waals surface area (Å²) in [6.07, 6.45) is 1.50. The van der Waals surface area contributed by atoms with Crippen molar-refractivity contribution < 1.29 is 4.79 Å². The molecule has 4 rings (SSSR count). The Morgan fingerprint density at radius 3 is 2.46 bits per heavy atom. The van der Waals surface area contributed by atoms with Crippen LogP contribution in [0, 0.1) is 20.8 Å². The first-order chi connectivity index (χ1) is 16.9. The summed E-state index contributed by atoms with van der Waals surface area (Å²) in [6, 6.07) is 14.7. The molecule has 2 fully saturated rings. The standard InChI is InChI=1S/C27H38N6OS/c1-20-17-21(2)24(22(3)18-20)31-26(29-12-16-35-15-11-28)32-13-9-27(10-14-32)25(34)30-19-33(27)23-7-5-4-6-8-23/h4-8,17-18H,9-16,19,28H2,1-3H3,(H,29,31)(H,30,34). The molecule has 8 heteroatoms. The minimum atomic E-state index is -0.504. The molecule has 2 aromatic rings. The lowest BCUT2D eigenvalue weighted by Gasteiger charge is -2.44. The highest BCUT2D eigenvalue weighted by atomic mass is 32.2. The fourth-order valence-electron chi connectivity index (χ4n) is 5.23. The van der Waals surface area contributed by atoms with Crippen molar-refractivity contribution in [3.8, 4) is 0 Å². The van der Waals surface area contributed by atoms with Crippen molar-refractivity contribution >= 4 is 35.0 Å². The summed E-state index contributed by atoms with van der Waals surface area (Å²) < 4.78 is 0. The molecule has 0 saturated carbocycles. The van der Waals surface area contributed by atoms with Gasteiger partial charge in [-0.3, -0.25) is 9.79 Å². The van der Waals surface area contributed by atoms with Gasteiger partial charge in [0.15, 0.2) is 5.96 Å². The van der Waals surface area contributed by atoms with Crippen LogP contribution in [0.2, 0.25) is 0 Å². The molecule has 0 bridgehead atoms. The van der Waals surface area contributed by atoms with Crippen LogP contribution in [0.5, 0.6) is 0 Å². The summed E-state index contributed by atoms with van der Waals surface area (Å²) in [5.41, 5.74) is 11.0. The fraction of sp³-hybridized carbons (Fsp3) is 0.481. The van der Waals surface area contributed by atoms with E-state index < -0.39 is 5.54 Å². The quantitative estimate of drug-likeness (QED) is 0.310. The lowest BCUT2D eigenvalue weighted by Crippen LogP contribution is -2.58. The molecule has 2 heterocycles. The van der Waals surface area contributed by atoms with E-state index in [1.807, 2.05) is 30.0 Å². The number of para-hydroxylation sites is 1. The molecule has 0 atom stereocenters. The van der Waals surface area contributed by atoms with Crippen molar-refractivity contribution in [2.24, 2.45) is 10.7 Å². The van der Waals surface area contributed by atoms with Gasteiger partial charge in [0.2, 0.25) is 5.91 Å². The molecule has 0 aromatic heterocycles. The molecular formula is C27H38N6OS. The minimum absolute atomic E-state index is 0.135. The Labute approximate surface area is 213 Å². The highest BCUT2D eigenvalue weighted by Crippen LogP contribution is 2.36. The Morgan fingerprint density at radius 2 is 1.80 bits per heavy atom. The Balaban J connectivity index is 1.53. The number of aliphatic imine (C=N–C) groups is 1. The Kier molecular flexibility index (Phi) is 8.23. The van der Waals surface area contributed by atoms with Crippen LogP contribution in [0.4, 0.5) is 11.4 Å². The monoisotopic (exact) mass is 494 g/mol. The van der Waals surface area contributed by atoms with Crippen molar-refractivity contribution in [1.82, 2.24) is 10.2 Å². The van der Waals surface area contributed by atoms with E-state index in [1.165, 1.54) is 16.7 Å². The summed E-state index contributed by atoms with van der Waals surface area (Å²) in [4.78, 5) is 22.6. The molecular weight excluding hydrogens is 456 g/mol. The largest absolute Gasteiger partial charge is 0.343 e. The Morgan fingerprint density at radius 1 is 1.11 bits per heavy atom. The van der Waals surface area contributed by atoms with Gasteiger partial charge in [0.05, 0.1) is 13.2 Å². The van der Waals surface area contributed by atoms with Crippen molar-refractivity contribution in [3.05, 3.63) is 59.2 Å². The van der Waals surface area contributed by atoms with Gasteiger partial charge in [-0.25, -0.2) is 0 Å². The third-order valence-electron chi connectivity index (χ3n) is 6.97. The maximum Gasteiger partial charge on any atom is 0.247 e. The van der Waals surface area contributed by atoms with Gasteiger partial charge in [-0.2, -0.15) is 11.8 Å². The predicted octanol–water partition coefficient (Wildman–Crippen LogP) is 3.50. The number of nitrogens with two attached hydrogens (primary N) is 1. The van der Waals surface area contributed by atoms with Crippen LogP contribution in [0.25, 0.3) is 0 Å². The SMILES string of the molecule is Cc1cc(C)c(NC(=NCCSCCN)N2CCC3(CC2)C(=O)NCN3c2ccccc2)c(C)c1. The molecule has 188 valence electrons. The van der Waals surface area contributed by atoms with Gasteiger partial charge in [-0.1, -0.05) is 35.9 Å². The normalized spacial score (nSPS) is 17.7. The van der Waals surface area contributed by atoms with Crippen molar-refractivity contribution in [2.75, 3.05) is 54.6 Å². The molecule has 2 saturated heterocycles. The Hall–Kier alpha value is -2.71. The number of likely N-dealkylation sites (tertiary alicyclic amines) is 1. The zero-order valence-corrected chi connectivity index (χ0v) is 22.0. The minimum Gasteiger partial charge on any atom is -0.343 e. The topological polar surface area (TPSA) is 86.0 Å². The number of hydrogen-bond acceptors (Lipinski definition) is 5. The van der Waals surface area contributed by atoms with E-state index in [9.17, 15) is 4.79 Å². The van der Waals surface area contributed by atoms with Gasteiger partial charge in [0.1, 0.15) is 5.54 Å². The first kappa shape index (κ1) is 25.4. The number of hydrogen-bond donors (Lipinski definition) is 3. The number of thioether (sulfide) groups is 1. The summed E-state index contributed by atoms with van der Waals surface area (Å²) >= 11 is 1.83. The molecule has 4 N–H and O–H groups in total. The second-order valence-corrected chi connectivity index (χ2v) is 10.7. The maximum atomic E-state index is 13.1. The average molecular weight is 495 g/mol. The number of carbonyl (C=O) groups excluding carboxylic acids is 1. The number of rotatable bonds is 7. The third kappa shape index (κ3) is 5.59. The molecule has 2 aliphatic rings. The number of carbonyl (C=O) groups is 1. The predicted molar refractivity (Wildman–Crippen MR) is 148 cm³/mol. The first-order valence-corrected chi connectivity index (χ1v) is 13.6. The van der Waals surface area contributed by atoms with Crippen LogP contribution < -0.4 is 21.3 Å². The molecule has 2 aromatic carbocycles. The molecule has 35 heavy (non-hydrogen) atoms. The second-order valence-electron chi connectivity index (χ2n) is 9.45. The number of amides is 1. The molecule has 2 aliphatic heterocycles. The fourth-order valence-corrected chi connectivity index (χ4v) is 5.82. The van der Waals surface area contributed by atoms with Crippen LogP contribution >= 0.6 is 11.8 Å². The summed E-state index contributed by atoms with van der Waals surface area (Å²) in [6.45, 7) is 9.92. The molecule has 1 amide bonds. The van der Waals surface area contributed by atoms with E-state index in [2.05, 4.69) is 65.5 Å². The highest BCUT2D eigenvalue weighted by Gasteiger charge is 2.50. The Bertz CT molecular complexity index is 1030. The number of nitrogens with zero attached hydrogens (tertiary/aromatic N) is 3. The van der Waals surface area contributed by atoms with Crippen LogP contribution in [0.15, 0.2) is 47.5 Å². The van der Waals surface area contributed by atoms with Gasteiger partial charge in [0.25, 0.3) is 0 Å². The molecule has 0 aliphatic carbocycles. The number of guanidine groups is 1. The number of benzene rings is 2. The number of aryl methyl sites for hydroxylation is 3. The van der Waals surface area contributed by atoms with Gasteiger partial charge in [-0.15, -0.1) is 0 Å². The number of nitrogens with one attached hydrogen (secondary N) is 2. The van der Waals surface area contributed by atoms with Gasteiger partial charge in [-0.05, 0) is 56.9 Å².